The van der Waals surface area contributed by atoms with Crippen LogP contribution in [0.25, 0.3) is 17.0 Å². The first-order chi connectivity index (χ1) is 13.2. The Labute approximate surface area is 163 Å². The summed E-state index contributed by atoms with van der Waals surface area (Å²) in [7, 11) is 0. The van der Waals surface area contributed by atoms with Crippen LogP contribution in [0.3, 0.4) is 0 Å². The molecule has 0 radical (unpaired) electrons. The summed E-state index contributed by atoms with van der Waals surface area (Å²) in [5, 5.41) is 6.02. The van der Waals surface area contributed by atoms with Crippen LogP contribution in [-0.4, -0.2) is 24.0 Å². The first-order valence-corrected chi connectivity index (χ1v) is 10.3. The number of hydrogen-bond acceptors (Lipinski definition) is 4. The Morgan fingerprint density at radius 3 is 2.81 bits per heavy atom. The second-order valence-electron chi connectivity index (χ2n) is 6.91. The molecule has 1 N–H and O–H groups in total. The van der Waals surface area contributed by atoms with Crippen molar-refractivity contribution in [2.45, 2.75) is 26.2 Å². The van der Waals surface area contributed by atoms with Crippen LogP contribution in [0.1, 0.15) is 29.7 Å². The van der Waals surface area contributed by atoms with Gasteiger partial charge in [-0.15, -0.1) is 11.3 Å². The molecule has 0 saturated carbocycles. The topological polar surface area (TPSA) is 45.2 Å². The van der Waals surface area contributed by atoms with E-state index in [0.29, 0.717) is 0 Å². The fourth-order valence-electron chi connectivity index (χ4n) is 3.47. The van der Waals surface area contributed by atoms with Crippen LogP contribution in [0, 0.1) is 6.92 Å². The van der Waals surface area contributed by atoms with Crippen molar-refractivity contribution in [2.24, 2.45) is 0 Å². The number of amides is 1. The molecule has 1 saturated heterocycles. The largest absolute Gasteiger partial charge is 0.357 e. The van der Waals surface area contributed by atoms with Crippen molar-refractivity contribution >= 4 is 45.7 Å². The molecule has 5 heteroatoms. The Balaban J connectivity index is 1.53. The van der Waals surface area contributed by atoms with Gasteiger partial charge in [0.05, 0.1) is 5.52 Å². The molecule has 1 aliphatic heterocycles. The average molecular weight is 378 g/mol. The molecule has 27 heavy (non-hydrogen) atoms. The van der Waals surface area contributed by atoms with E-state index in [1.165, 1.54) is 24.8 Å². The molecule has 0 atom stereocenters. The van der Waals surface area contributed by atoms with Crippen LogP contribution in [0.15, 0.2) is 47.9 Å². The lowest BCUT2D eigenvalue weighted by molar-refractivity contribution is -0.111. The highest BCUT2D eigenvalue weighted by atomic mass is 32.1. The number of nitrogens with zero attached hydrogens (tertiary/aromatic N) is 2. The summed E-state index contributed by atoms with van der Waals surface area (Å²) in [5.41, 5.74) is 2.95. The second kappa shape index (κ2) is 7.92. The SMILES string of the molecule is Cc1cc(N2CCCCC2)nc2ccc(NC(=O)/C=C/c3cccs3)cc12. The third-order valence-electron chi connectivity index (χ3n) is 4.89. The third kappa shape index (κ3) is 4.19. The molecule has 138 valence electrons. The molecule has 3 heterocycles. The molecule has 1 aliphatic rings. The number of rotatable bonds is 4. The summed E-state index contributed by atoms with van der Waals surface area (Å²) in [5.74, 6) is 0.939. The quantitative estimate of drug-likeness (QED) is 0.632. The lowest BCUT2D eigenvalue weighted by Crippen LogP contribution is -2.30. The first-order valence-electron chi connectivity index (χ1n) is 9.38. The van der Waals surface area contributed by atoms with Gasteiger partial charge < -0.3 is 10.2 Å². The predicted molar refractivity (Wildman–Crippen MR) is 115 cm³/mol. The number of nitrogens with one attached hydrogen (secondary N) is 1. The molecule has 4 nitrogen and oxygen atoms in total. The van der Waals surface area contributed by atoms with Crippen molar-refractivity contribution in [1.82, 2.24) is 4.98 Å². The number of benzene rings is 1. The zero-order valence-electron chi connectivity index (χ0n) is 15.4. The van der Waals surface area contributed by atoms with E-state index in [2.05, 4.69) is 23.2 Å². The van der Waals surface area contributed by atoms with Crippen LogP contribution < -0.4 is 10.2 Å². The van der Waals surface area contributed by atoms with Gasteiger partial charge in [0, 0.05) is 35.1 Å². The maximum absolute atomic E-state index is 12.2. The van der Waals surface area contributed by atoms with Gasteiger partial charge in [0.1, 0.15) is 5.82 Å². The molecular weight excluding hydrogens is 354 g/mol. The minimum absolute atomic E-state index is 0.127. The van der Waals surface area contributed by atoms with Gasteiger partial charge in [0.15, 0.2) is 0 Å². The zero-order valence-corrected chi connectivity index (χ0v) is 16.3. The van der Waals surface area contributed by atoms with Crippen molar-refractivity contribution in [1.29, 1.82) is 0 Å². The van der Waals surface area contributed by atoms with Gasteiger partial charge in [-0.25, -0.2) is 4.98 Å². The number of aryl methyl sites for hydroxylation is 1. The van der Waals surface area contributed by atoms with E-state index in [0.717, 1.165) is 40.4 Å². The van der Waals surface area contributed by atoms with Crippen LogP contribution in [0.4, 0.5) is 11.5 Å². The highest BCUT2D eigenvalue weighted by Crippen LogP contribution is 2.27. The molecule has 1 aromatic carbocycles. The molecular formula is C22H23N3OS. The van der Waals surface area contributed by atoms with E-state index < -0.39 is 0 Å². The lowest BCUT2D eigenvalue weighted by Gasteiger charge is -2.28. The number of carbonyl (C=O) groups excluding carboxylic acids is 1. The molecule has 4 rings (SSSR count). The molecule has 0 spiro atoms. The number of pyridine rings is 1. The molecule has 2 aromatic heterocycles. The Hall–Kier alpha value is -2.66. The highest BCUT2D eigenvalue weighted by Gasteiger charge is 2.14. The maximum atomic E-state index is 12.2. The van der Waals surface area contributed by atoms with Gasteiger partial charge in [0.25, 0.3) is 0 Å². The number of thiophene rings is 1. The molecule has 1 amide bonds. The van der Waals surface area contributed by atoms with Gasteiger partial charge >= 0.3 is 0 Å². The summed E-state index contributed by atoms with van der Waals surface area (Å²) in [6, 6.07) is 12.0. The lowest BCUT2D eigenvalue weighted by atomic mass is 10.1. The van der Waals surface area contributed by atoms with Crippen LogP contribution in [0.2, 0.25) is 0 Å². The number of aromatic nitrogens is 1. The van der Waals surface area contributed by atoms with E-state index in [4.69, 9.17) is 4.98 Å². The third-order valence-corrected chi connectivity index (χ3v) is 5.73. The number of hydrogen-bond donors (Lipinski definition) is 1. The minimum Gasteiger partial charge on any atom is -0.357 e. The van der Waals surface area contributed by atoms with Crippen molar-refractivity contribution < 1.29 is 4.79 Å². The van der Waals surface area contributed by atoms with E-state index in [-0.39, 0.29) is 5.91 Å². The van der Waals surface area contributed by atoms with E-state index in [1.54, 1.807) is 17.4 Å². The molecule has 1 fully saturated rings. The van der Waals surface area contributed by atoms with E-state index in [1.807, 2.05) is 41.8 Å². The van der Waals surface area contributed by atoms with Crippen molar-refractivity contribution in [3.8, 4) is 0 Å². The van der Waals surface area contributed by atoms with Gasteiger partial charge in [-0.2, -0.15) is 0 Å². The second-order valence-corrected chi connectivity index (χ2v) is 7.89. The fourth-order valence-corrected chi connectivity index (χ4v) is 4.09. The van der Waals surface area contributed by atoms with Crippen molar-refractivity contribution in [3.63, 3.8) is 0 Å². The molecule has 0 unspecified atom stereocenters. The van der Waals surface area contributed by atoms with E-state index in [9.17, 15) is 4.79 Å². The number of anilines is 2. The van der Waals surface area contributed by atoms with Crippen LogP contribution in [-0.2, 0) is 4.79 Å². The summed E-state index contributed by atoms with van der Waals surface area (Å²) >= 11 is 1.61. The van der Waals surface area contributed by atoms with Gasteiger partial charge in [-0.1, -0.05) is 6.07 Å². The van der Waals surface area contributed by atoms with Crippen molar-refractivity contribution in [3.05, 3.63) is 58.3 Å². The van der Waals surface area contributed by atoms with Gasteiger partial charge in [-0.3, -0.25) is 4.79 Å². The molecule has 0 bridgehead atoms. The van der Waals surface area contributed by atoms with Crippen LogP contribution >= 0.6 is 11.3 Å². The monoisotopic (exact) mass is 377 g/mol. The normalized spacial score (nSPS) is 14.8. The summed E-state index contributed by atoms with van der Waals surface area (Å²) < 4.78 is 0. The Kier molecular flexibility index (Phi) is 5.21. The summed E-state index contributed by atoms with van der Waals surface area (Å²) in [4.78, 5) is 20.5. The van der Waals surface area contributed by atoms with Crippen molar-refractivity contribution in [2.75, 3.05) is 23.3 Å². The predicted octanol–water partition coefficient (Wildman–Crippen LogP) is 5.25. The minimum atomic E-state index is -0.127. The summed E-state index contributed by atoms with van der Waals surface area (Å²) in [6.45, 7) is 4.28. The standard InChI is InChI=1S/C22H23N3OS/c1-16-14-21(25-11-3-2-4-12-25)24-20-9-7-17(15-19(16)20)23-22(26)10-8-18-6-5-13-27-18/h5-10,13-15H,2-4,11-12H2,1H3,(H,23,26)/b10-8+. The zero-order chi connectivity index (χ0) is 18.6. The Morgan fingerprint density at radius 1 is 1.19 bits per heavy atom. The Morgan fingerprint density at radius 2 is 2.04 bits per heavy atom. The van der Waals surface area contributed by atoms with Gasteiger partial charge in [0.2, 0.25) is 5.91 Å². The maximum Gasteiger partial charge on any atom is 0.248 e. The molecule has 3 aromatic rings. The fraction of sp³-hybridized carbons (Fsp3) is 0.273. The van der Waals surface area contributed by atoms with Gasteiger partial charge in [-0.05, 0) is 73.5 Å². The Bertz CT molecular complexity index is 973. The number of piperidine rings is 1. The van der Waals surface area contributed by atoms with Crippen LogP contribution in [0.5, 0.6) is 0 Å². The van der Waals surface area contributed by atoms with E-state index >= 15 is 0 Å². The summed E-state index contributed by atoms with van der Waals surface area (Å²) in [6.07, 6.45) is 7.19. The first kappa shape index (κ1) is 17.7. The number of carbonyl (C=O) groups is 1. The average Bonchev–Trinajstić information content (AvgIpc) is 3.21. The number of fused-ring (bicyclic) bond motifs is 1. The smallest absolute Gasteiger partial charge is 0.248 e. The molecule has 0 aliphatic carbocycles. The highest BCUT2D eigenvalue weighted by molar-refractivity contribution is 7.10.